The smallest absolute Gasteiger partial charge is 0.173 e. The van der Waals surface area contributed by atoms with Crippen molar-refractivity contribution in [2.75, 3.05) is 0 Å². The normalized spacial score (nSPS) is 39.2. The quantitative estimate of drug-likeness (QED) is 0.525. The van der Waals surface area contributed by atoms with Crippen LogP contribution >= 0.6 is 0 Å². The number of fused-ring (bicyclic) bond motifs is 3. The third kappa shape index (κ3) is 2.60. The Morgan fingerprint density at radius 2 is 1.73 bits per heavy atom. The van der Waals surface area contributed by atoms with Gasteiger partial charge in [-0.3, -0.25) is 9.59 Å². The number of rotatable bonds is 2. The van der Waals surface area contributed by atoms with Gasteiger partial charge in [-0.25, -0.2) is 0 Å². The van der Waals surface area contributed by atoms with Crippen molar-refractivity contribution >= 4 is 24.8 Å². The second-order valence-electron chi connectivity index (χ2n) is 11.3. The average molecular weight is 463 g/mol. The lowest BCUT2D eigenvalue weighted by Gasteiger charge is -2.54. The minimum Gasteiger partial charge on any atom is -0.507 e. The molecule has 172 valence electrons. The third-order valence-corrected chi connectivity index (χ3v) is 15.0. The number of carbonyl (C=O) groups is 2. The van der Waals surface area contributed by atoms with Crippen LogP contribution in [0.4, 0.5) is 0 Å². The first kappa shape index (κ1) is 21.3. The van der Waals surface area contributed by atoms with E-state index in [1.165, 1.54) is 11.3 Å². The van der Waals surface area contributed by atoms with Gasteiger partial charge in [-0.05, 0) is 30.4 Å². The number of phenolic OH excluding ortho intramolecular Hbond substituents is 1. The number of aliphatic hydroxyl groups is 1. The number of phenols is 1. The number of epoxide rings is 1. The Hall–Kier alpha value is -2.28. The summed E-state index contributed by atoms with van der Waals surface area (Å²) < 4.78 is 6.33. The number of carbonyl (C=O) groups excluding carboxylic acids is 2. The topological polar surface area (TPSA) is 87.1 Å². The van der Waals surface area contributed by atoms with Gasteiger partial charge in [0, 0.05) is 17.4 Å². The lowest BCUT2D eigenvalue weighted by atomic mass is 9.54. The van der Waals surface area contributed by atoms with Crippen LogP contribution in [0.2, 0.25) is 18.1 Å². The molecular weight excluding hydrogens is 432 g/mol. The number of aromatic hydroxyl groups is 1. The Morgan fingerprint density at radius 3 is 2.45 bits per heavy atom. The molecule has 4 aliphatic rings. The van der Waals surface area contributed by atoms with Crippen molar-refractivity contribution in [2.45, 2.75) is 62.1 Å². The van der Waals surface area contributed by atoms with Gasteiger partial charge in [-0.2, -0.15) is 0 Å². The minimum absolute atomic E-state index is 0.0457. The van der Waals surface area contributed by atoms with E-state index in [-0.39, 0.29) is 39.4 Å². The molecule has 1 saturated heterocycles. The first-order chi connectivity index (χ1) is 15.6. The van der Waals surface area contributed by atoms with E-state index in [2.05, 4.69) is 44.3 Å². The van der Waals surface area contributed by atoms with Crippen LogP contribution in [0.1, 0.15) is 46.9 Å². The number of ketones is 2. The third-order valence-electron chi connectivity index (χ3n) is 9.73. The van der Waals surface area contributed by atoms with Crippen LogP contribution in [0, 0.1) is 17.8 Å². The fourth-order valence-electron chi connectivity index (χ4n) is 7.44. The molecular formula is C27H30O5Si. The summed E-state index contributed by atoms with van der Waals surface area (Å²) >= 11 is 0. The summed E-state index contributed by atoms with van der Waals surface area (Å²) in [5.41, 5.74) is -0.194. The van der Waals surface area contributed by atoms with Crippen molar-refractivity contribution in [2.24, 2.45) is 17.8 Å². The second-order valence-corrected chi connectivity index (χ2v) is 16.4. The highest BCUT2D eigenvalue weighted by Gasteiger charge is 2.76. The Balaban J connectivity index is 1.40. The predicted octanol–water partition coefficient (Wildman–Crippen LogP) is 3.69. The van der Waals surface area contributed by atoms with Gasteiger partial charge >= 0.3 is 0 Å². The minimum atomic E-state index is -1.91. The van der Waals surface area contributed by atoms with Gasteiger partial charge in [0.2, 0.25) is 0 Å². The molecule has 3 fully saturated rings. The monoisotopic (exact) mass is 462 g/mol. The fraction of sp³-hybridized carbons (Fsp3) is 0.481. The zero-order valence-electron chi connectivity index (χ0n) is 19.2. The fourth-order valence-corrected chi connectivity index (χ4v) is 10.6. The van der Waals surface area contributed by atoms with Crippen molar-refractivity contribution in [1.82, 2.24) is 0 Å². The maximum absolute atomic E-state index is 13.7. The Bertz CT molecular complexity index is 1180. The van der Waals surface area contributed by atoms with E-state index in [0.29, 0.717) is 0 Å². The summed E-state index contributed by atoms with van der Waals surface area (Å²) in [5, 5.41) is 23.0. The molecule has 1 heterocycles. The second kappa shape index (κ2) is 6.65. The Morgan fingerprint density at radius 1 is 1.00 bits per heavy atom. The molecule has 33 heavy (non-hydrogen) atoms. The molecule has 0 amide bonds. The largest absolute Gasteiger partial charge is 0.507 e. The number of hydrogen-bond acceptors (Lipinski definition) is 5. The zero-order chi connectivity index (χ0) is 23.3. The predicted molar refractivity (Wildman–Crippen MR) is 127 cm³/mol. The molecule has 2 aromatic carbocycles. The molecule has 0 unspecified atom stereocenters. The van der Waals surface area contributed by atoms with Gasteiger partial charge < -0.3 is 14.9 Å². The lowest BCUT2D eigenvalue weighted by Crippen LogP contribution is -2.62. The SMILES string of the molecule is C[C@@]1([Si](C)(C)c2ccccc2)CC[C@@H]2[C@@H]3C(=O)c4cccc(O)c4C(=O)[C@@H]3[C@H](O)[C@H]3O[C@@]23C1. The molecule has 0 bridgehead atoms. The molecule has 2 saturated carbocycles. The van der Waals surface area contributed by atoms with Crippen LogP contribution in [0.15, 0.2) is 48.5 Å². The molecule has 0 radical (unpaired) electrons. The number of benzene rings is 2. The molecule has 2 aromatic rings. The molecule has 5 nitrogen and oxygen atoms in total. The molecule has 6 rings (SSSR count). The summed E-state index contributed by atoms with van der Waals surface area (Å²) in [6, 6.07) is 15.4. The molecule has 2 N–H and O–H groups in total. The number of aliphatic hydroxyl groups excluding tert-OH is 1. The summed E-state index contributed by atoms with van der Waals surface area (Å²) in [6.45, 7) is 7.18. The number of ether oxygens (including phenoxy) is 1. The van der Waals surface area contributed by atoms with E-state index in [0.717, 1.165) is 19.3 Å². The van der Waals surface area contributed by atoms with Crippen molar-refractivity contribution in [1.29, 1.82) is 0 Å². The van der Waals surface area contributed by atoms with Crippen LogP contribution in [0.5, 0.6) is 5.75 Å². The maximum atomic E-state index is 13.7. The van der Waals surface area contributed by atoms with E-state index in [1.54, 1.807) is 12.1 Å². The summed E-state index contributed by atoms with van der Waals surface area (Å²) in [7, 11) is -1.91. The van der Waals surface area contributed by atoms with Gasteiger partial charge in [0.1, 0.15) is 17.5 Å². The van der Waals surface area contributed by atoms with E-state index in [9.17, 15) is 19.8 Å². The van der Waals surface area contributed by atoms with Crippen molar-refractivity contribution in [3.8, 4) is 5.75 Å². The molecule has 7 atom stereocenters. The van der Waals surface area contributed by atoms with Crippen LogP contribution in [-0.2, 0) is 4.74 Å². The first-order valence-corrected chi connectivity index (χ1v) is 14.9. The van der Waals surface area contributed by atoms with Crippen molar-refractivity contribution < 1.29 is 24.5 Å². The van der Waals surface area contributed by atoms with Gasteiger partial charge in [-0.15, -0.1) is 0 Å². The highest BCUT2D eigenvalue weighted by molar-refractivity contribution is 6.92. The van der Waals surface area contributed by atoms with Gasteiger partial charge in [0.15, 0.2) is 11.6 Å². The van der Waals surface area contributed by atoms with Crippen molar-refractivity contribution in [3.63, 3.8) is 0 Å². The zero-order valence-corrected chi connectivity index (χ0v) is 20.2. The standard InChI is InChI=1S/C27H30O5Si/c1-26(33(2,3)15-8-5-4-6-9-15)13-12-17-20-21(24(31)25-27(17,14-26)32-25)23(30)19-16(22(20)29)10-7-11-18(19)28/h4-11,17,20-21,24-25,28,31H,12-14H2,1-3H3/t17-,20+,21-,24+,25-,26-,27+/m1/s1. The van der Waals surface area contributed by atoms with Gasteiger partial charge in [0.25, 0.3) is 0 Å². The number of hydrogen-bond donors (Lipinski definition) is 2. The van der Waals surface area contributed by atoms with Crippen LogP contribution in [-0.4, -0.2) is 47.7 Å². The lowest BCUT2D eigenvalue weighted by molar-refractivity contribution is -0.00442. The Kier molecular flexibility index (Phi) is 4.28. The van der Waals surface area contributed by atoms with E-state index in [1.807, 2.05) is 6.07 Å². The summed E-state index contributed by atoms with van der Waals surface area (Å²) in [5.74, 6) is -2.16. The van der Waals surface area contributed by atoms with Crippen LogP contribution in [0.3, 0.4) is 0 Å². The molecule has 6 heteroatoms. The van der Waals surface area contributed by atoms with E-state index in [4.69, 9.17) is 4.74 Å². The number of Topliss-reactive ketones (excluding diaryl/α,β-unsaturated/α-hetero) is 2. The summed E-state index contributed by atoms with van der Waals surface area (Å²) in [6.07, 6.45) is 1.12. The maximum Gasteiger partial charge on any atom is 0.173 e. The molecule has 3 aliphatic carbocycles. The Labute approximate surface area is 194 Å². The van der Waals surface area contributed by atoms with E-state index >= 15 is 0 Å². The van der Waals surface area contributed by atoms with Gasteiger partial charge in [-0.1, -0.05) is 67.7 Å². The first-order valence-electron chi connectivity index (χ1n) is 11.9. The highest BCUT2D eigenvalue weighted by Crippen LogP contribution is 2.69. The van der Waals surface area contributed by atoms with Crippen molar-refractivity contribution in [3.05, 3.63) is 59.7 Å². The van der Waals surface area contributed by atoms with Crippen LogP contribution < -0.4 is 5.19 Å². The summed E-state index contributed by atoms with van der Waals surface area (Å²) in [4.78, 5) is 27.1. The van der Waals surface area contributed by atoms with E-state index < -0.39 is 37.7 Å². The van der Waals surface area contributed by atoms with Crippen LogP contribution in [0.25, 0.3) is 0 Å². The van der Waals surface area contributed by atoms with Gasteiger partial charge in [0.05, 0.1) is 25.7 Å². The highest BCUT2D eigenvalue weighted by atomic mass is 28.3. The average Bonchev–Trinajstić information content (AvgIpc) is 3.51. The molecule has 1 spiro atoms. The molecule has 1 aliphatic heterocycles. The molecule has 0 aromatic heterocycles.